The zero-order valence-corrected chi connectivity index (χ0v) is 9.35. The third-order valence-corrected chi connectivity index (χ3v) is 3.54. The highest BCUT2D eigenvalue weighted by molar-refractivity contribution is 5.39. The molecule has 0 amide bonds. The molecule has 1 aromatic rings. The maximum absolute atomic E-state index is 3.33. The van der Waals surface area contributed by atoms with Crippen molar-refractivity contribution < 1.29 is 0 Å². The van der Waals surface area contributed by atoms with E-state index in [9.17, 15) is 0 Å². The van der Waals surface area contributed by atoms with E-state index in [-0.39, 0.29) is 0 Å². The van der Waals surface area contributed by atoms with Crippen molar-refractivity contribution in [3.63, 3.8) is 0 Å². The lowest BCUT2D eigenvalue weighted by Gasteiger charge is -2.28. The summed E-state index contributed by atoms with van der Waals surface area (Å²) in [6.45, 7) is 9.08. The lowest BCUT2D eigenvalue weighted by molar-refractivity contribution is 0.346. The van der Waals surface area contributed by atoms with Crippen LogP contribution in [0.15, 0.2) is 12.1 Å². The number of aryl methyl sites for hydroxylation is 1. The zero-order valence-electron chi connectivity index (χ0n) is 9.35. The molecule has 1 aliphatic rings. The molecule has 76 valence electrons. The average Bonchev–Trinajstić information content (AvgIpc) is 2.10. The van der Waals surface area contributed by atoms with Gasteiger partial charge in [-0.25, -0.2) is 0 Å². The first kappa shape index (κ1) is 9.72. The first-order chi connectivity index (χ1) is 6.68. The van der Waals surface area contributed by atoms with Crippen LogP contribution in [-0.4, -0.2) is 13.1 Å². The summed E-state index contributed by atoms with van der Waals surface area (Å²) in [5, 5.41) is 3.33. The molecule has 1 heteroatoms. The molecule has 1 aliphatic heterocycles. The first-order valence-corrected chi connectivity index (χ1v) is 5.45. The Bertz CT molecular complexity index is 337. The Hall–Kier alpha value is -0.820. The summed E-state index contributed by atoms with van der Waals surface area (Å²) in [5.41, 5.74) is 5.92. The summed E-state index contributed by atoms with van der Waals surface area (Å²) in [6, 6.07) is 4.56. The smallest absolute Gasteiger partial charge is 0.000506 e. The molecule has 1 nitrogen and oxygen atoms in total. The minimum Gasteiger partial charge on any atom is -0.316 e. The molecular formula is C13H19N. The third kappa shape index (κ3) is 1.69. The largest absolute Gasteiger partial charge is 0.316 e. The molecule has 0 aliphatic carbocycles. The van der Waals surface area contributed by atoms with Crippen LogP contribution in [0, 0.1) is 26.7 Å². The highest BCUT2D eigenvalue weighted by atomic mass is 14.9. The van der Waals surface area contributed by atoms with Gasteiger partial charge >= 0.3 is 0 Å². The molecule has 0 unspecified atom stereocenters. The Morgan fingerprint density at radius 3 is 2.43 bits per heavy atom. The van der Waals surface area contributed by atoms with Crippen LogP contribution in [0.3, 0.4) is 0 Å². The Morgan fingerprint density at radius 1 is 1.14 bits per heavy atom. The number of benzene rings is 1. The summed E-state index contributed by atoms with van der Waals surface area (Å²) in [4.78, 5) is 0. The van der Waals surface area contributed by atoms with E-state index in [4.69, 9.17) is 0 Å². The lowest BCUT2D eigenvalue weighted by atomic mass is 9.89. The van der Waals surface area contributed by atoms with Crippen LogP contribution >= 0.6 is 0 Å². The van der Waals surface area contributed by atoms with E-state index < -0.39 is 0 Å². The molecule has 14 heavy (non-hydrogen) atoms. The SMILES string of the molecule is Cc1ccc(CC2CNC2)c(C)c1C. The summed E-state index contributed by atoms with van der Waals surface area (Å²) >= 11 is 0. The van der Waals surface area contributed by atoms with Crippen LogP contribution in [0.2, 0.25) is 0 Å². The van der Waals surface area contributed by atoms with Gasteiger partial charge in [0, 0.05) is 0 Å². The second-order valence-electron chi connectivity index (χ2n) is 4.52. The van der Waals surface area contributed by atoms with Gasteiger partial charge in [-0.3, -0.25) is 0 Å². The highest BCUT2D eigenvalue weighted by Gasteiger charge is 2.18. The minimum atomic E-state index is 0.871. The van der Waals surface area contributed by atoms with E-state index in [2.05, 4.69) is 38.2 Å². The molecule has 2 rings (SSSR count). The summed E-state index contributed by atoms with van der Waals surface area (Å²) in [6.07, 6.45) is 1.25. The predicted octanol–water partition coefficient (Wildman–Crippen LogP) is 2.37. The van der Waals surface area contributed by atoms with Gasteiger partial charge in [0.15, 0.2) is 0 Å². The van der Waals surface area contributed by atoms with Gasteiger partial charge in [0.2, 0.25) is 0 Å². The topological polar surface area (TPSA) is 12.0 Å². The van der Waals surface area contributed by atoms with E-state index >= 15 is 0 Å². The van der Waals surface area contributed by atoms with Crippen LogP contribution in [-0.2, 0) is 6.42 Å². The van der Waals surface area contributed by atoms with E-state index in [1.807, 2.05) is 0 Å². The second-order valence-corrected chi connectivity index (χ2v) is 4.52. The molecule has 1 N–H and O–H groups in total. The van der Waals surface area contributed by atoms with Crippen molar-refractivity contribution in [3.05, 3.63) is 34.4 Å². The van der Waals surface area contributed by atoms with Crippen LogP contribution in [0.4, 0.5) is 0 Å². The van der Waals surface area contributed by atoms with Crippen molar-refractivity contribution in [2.24, 2.45) is 5.92 Å². The van der Waals surface area contributed by atoms with Crippen LogP contribution < -0.4 is 5.32 Å². The van der Waals surface area contributed by atoms with Crippen molar-refractivity contribution in [3.8, 4) is 0 Å². The third-order valence-electron chi connectivity index (χ3n) is 3.54. The van der Waals surface area contributed by atoms with Gasteiger partial charge in [-0.1, -0.05) is 12.1 Å². The van der Waals surface area contributed by atoms with Gasteiger partial charge < -0.3 is 5.32 Å². The van der Waals surface area contributed by atoms with Gasteiger partial charge in [0.1, 0.15) is 0 Å². The van der Waals surface area contributed by atoms with Crippen LogP contribution in [0.25, 0.3) is 0 Å². The van der Waals surface area contributed by atoms with E-state index in [1.165, 1.54) is 36.2 Å². The molecule has 0 bridgehead atoms. The van der Waals surface area contributed by atoms with Crippen LogP contribution in [0.5, 0.6) is 0 Å². The Kier molecular flexibility index (Phi) is 2.60. The Morgan fingerprint density at radius 2 is 1.86 bits per heavy atom. The molecular weight excluding hydrogens is 170 g/mol. The first-order valence-electron chi connectivity index (χ1n) is 5.45. The molecule has 0 atom stereocenters. The number of hydrogen-bond acceptors (Lipinski definition) is 1. The van der Waals surface area contributed by atoms with Crippen molar-refractivity contribution in [2.45, 2.75) is 27.2 Å². The summed E-state index contributed by atoms with van der Waals surface area (Å²) < 4.78 is 0. The fourth-order valence-corrected chi connectivity index (χ4v) is 2.04. The standard InChI is InChI=1S/C13H19N/c1-9-4-5-13(11(3)10(9)2)6-12-7-14-8-12/h4-5,12,14H,6-8H2,1-3H3. The van der Waals surface area contributed by atoms with Crippen molar-refractivity contribution in [2.75, 3.05) is 13.1 Å². The second kappa shape index (κ2) is 3.74. The molecule has 1 saturated heterocycles. The monoisotopic (exact) mass is 189 g/mol. The molecule has 0 saturated carbocycles. The molecule has 0 radical (unpaired) electrons. The highest BCUT2D eigenvalue weighted by Crippen LogP contribution is 2.21. The van der Waals surface area contributed by atoms with Crippen molar-refractivity contribution in [1.82, 2.24) is 5.32 Å². The normalized spacial score (nSPS) is 16.8. The molecule has 1 fully saturated rings. The number of nitrogens with one attached hydrogen (secondary N) is 1. The number of rotatable bonds is 2. The van der Waals surface area contributed by atoms with Gasteiger partial charge in [-0.05, 0) is 68.5 Å². The predicted molar refractivity (Wildman–Crippen MR) is 60.7 cm³/mol. The van der Waals surface area contributed by atoms with Crippen molar-refractivity contribution >= 4 is 0 Å². The molecule has 0 spiro atoms. The van der Waals surface area contributed by atoms with E-state index in [0.717, 1.165) is 5.92 Å². The minimum absolute atomic E-state index is 0.871. The van der Waals surface area contributed by atoms with Gasteiger partial charge in [0.05, 0.1) is 0 Å². The van der Waals surface area contributed by atoms with E-state index in [0.29, 0.717) is 0 Å². The van der Waals surface area contributed by atoms with Gasteiger partial charge in [-0.2, -0.15) is 0 Å². The summed E-state index contributed by atoms with van der Waals surface area (Å²) in [5.74, 6) is 0.871. The van der Waals surface area contributed by atoms with E-state index in [1.54, 1.807) is 5.56 Å². The number of hydrogen-bond donors (Lipinski definition) is 1. The maximum Gasteiger partial charge on any atom is -0.000506 e. The van der Waals surface area contributed by atoms with Gasteiger partial charge in [0.25, 0.3) is 0 Å². The maximum atomic E-state index is 3.33. The molecule has 1 aromatic carbocycles. The Labute approximate surface area is 86.5 Å². The fraction of sp³-hybridized carbons (Fsp3) is 0.538. The van der Waals surface area contributed by atoms with Crippen molar-refractivity contribution in [1.29, 1.82) is 0 Å². The van der Waals surface area contributed by atoms with Crippen LogP contribution in [0.1, 0.15) is 22.3 Å². The average molecular weight is 189 g/mol. The zero-order chi connectivity index (χ0) is 10.1. The Balaban J connectivity index is 2.20. The quantitative estimate of drug-likeness (QED) is 0.753. The molecule has 0 aromatic heterocycles. The summed E-state index contributed by atoms with van der Waals surface area (Å²) in [7, 11) is 0. The fourth-order valence-electron chi connectivity index (χ4n) is 2.04. The van der Waals surface area contributed by atoms with Gasteiger partial charge in [-0.15, -0.1) is 0 Å². The molecule has 1 heterocycles. The lowest BCUT2D eigenvalue weighted by Crippen LogP contribution is -2.43.